The molecule has 1 aromatic heterocycles. The van der Waals surface area contributed by atoms with Crippen molar-refractivity contribution in [2.24, 2.45) is 0 Å². The Balaban J connectivity index is 2.48. The van der Waals surface area contributed by atoms with Crippen LogP contribution in [-0.4, -0.2) is 61.6 Å². The molecule has 1 heterocycles. The van der Waals surface area contributed by atoms with Gasteiger partial charge in [0.2, 0.25) is 11.9 Å². The van der Waals surface area contributed by atoms with Crippen LogP contribution < -0.4 is 15.4 Å². The van der Waals surface area contributed by atoms with E-state index in [1.807, 2.05) is 6.92 Å². The molecule has 0 spiro atoms. The average molecular weight is 299 g/mol. The third-order valence-corrected chi connectivity index (χ3v) is 2.38. The lowest BCUT2D eigenvalue weighted by molar-refractivity contribution is 0.0758. The summed E-state index contributed by atoms with van der Waals surface area (Å²) in [6.07, 6.45) is 0.992. The summed E-state index contributed by atoms with van der Waals surface area (Å²) in [5, 5.41) is 6.21. The summed E-state index contributed by atoms with van der Waals surface area (Å²) < 4.78 is 15.6. The summed E-state index contributed by atoms with van der Waals surface area (Å²) in [6.45, 7) is 7.59. The van der Waals surface area contributed by atoms with E-state index in [1.54, 1.807) is 7.11 Å². The van der Waals surface area contributed by atoms with E-state index < -0.39 is 0 Å². The highest BCUT2D eigenvalue weighted by Crippen LogP contribution is 2.11. The Hall–Kier alpha value is -1.67. The van der Waals surface area contributed by atoms with Crippen molar-refractivity contribution in [3.05, 3.63) is 0 Å². The molecule has 21 heavy (non-hydrogen) atoms. The van der Waals surface area contributed by atoms with E-state index in [0.717, 1.165) is 13.0 Å². The van der Waals surface area contributed by atoms with Gasteiger partial charge in [0, 0.05) is 20.2 Å². The van der Waals surface area contributed by atoms with E-state index in [0.29, 0.717) is 50.9 Å². The number of hydrogen-bond acceptors (Lipinski definition) is 8. The molecule has 0 atom stereocenters. The van der Waals surface area contributed by atoms with Gasteiger partial charge in [-0.15, -0.1) is 0 Å². The maximum atomic E-state index is 5.36. The molecule has 0 aromatic carbocycles. The summed E-state index contributed by atoms with van der Waals surface area (Å²) in [6, 6.07) is 0.314. The quantitative estimate of drug-likeness (QED) is 0.556. The highest BCUT2D eigenvalue weighted by atomic mass is 16.5. The van der Waals surface area contributed by atoms with Gasteiger partial charge in [-0.1, -0.05) is 6.92 Å². The summed E-state index contributed by atoms with van der Waals surface area (Å²) >= 11 is 0. The Morgan fingerprint density at radius 2 is 1.62 bits per heavy atom. The number of ether oxygens (including phenoxy) is 3. The lowest BCUT2D eigenvalue weighted by Gasteiger charge is -2.10. The second kappa shape index (κ2) is 11.0. The normalized spacial score (nSPS) is 10.4. The van der Waals surface area contributed by atoms with Crippen molar-refractivity contribution in [3.8, 4) is 6.01 Å². The highest BCUT2D eigenvalue weighted by Gasteiger charge is 2.06. The predicted molar refractivity (Wildman–Crippen MR) is 81.0 cm³/mol. The summed E-state index contributed by atoms with van der Waals surface area (Å²) in [5.74, 6) is 0.987. The predicted octanol–water partition coefficient (Wildman–Crippen LogP) is 1.17. The first-order chi connectivity index (χ1) is 10.3. The van der Waals surface area contributed by atoms with Gasteiger partial charge < -0.3 is 24.8 Å². The lowest BCUT2D eigenvalue weighted by Crippen LogP contribution is -2.15. The number of nitrogens with one attached hydrogen (secondary N) is 2. The van der Waals surface area contributed by atoms with Crippen LogP contribution in [0.3, 0.4) is 0 Å². The largest absolute Gasteiger partial charge is 0.464 e. The Kier molecular flexibility index (Phi) is 9.14. The zero-order valence-electron chi connectivity index (χ0n) is 13.0. The van der Waals surface area contributed by atoms with Crippen LogP contribution in [0, 0.1) is 0 Å². The fourth-order valence-electron chi connectivity index (χ4n) is 1.42. The molecule has 0 saturated heterocycles. The van der Waals surface area contributed by atoms with Gasteiger partial charge in [0.15, 0.2) is 0 Å². The molecule has 0 amide bonds. The Morgan fingerprint density at radius 1 is 0.905 bits per heavy atom. The Labute approximate surface area is 125 Å². The molecule has 8 heteroatoms. The van der Waals surface area contributed by atoms with Crippen LogP contribution in [-0.2, 0) is 9.47 Å². The highest BCUT2D eigenvalue weighted by molar-refractivity contribution is 5.35. The Morgan fingerprint density at radius 3 is 2.24 bits per heavy atom. The van der Waals surface area contributed by atoms with Crippen LogP contribution in [0.2, 0.25) is 0 Å². The van der Waals surface area contributed by atoms with E-state index in [9.17, 15) is 0 Å². The third kappa shape index (κ3) is 7.62. The molecule has 0 aliphatic rings. The summed E-state index contributed by atoms with van der Waals surface area (Å²) in [7, 11) is 1.65. The van der Waals surface area contributed by atoms with Crippen molar-refractivity contribution in [1.82, 2.24) is 15.0 Å². The molecule has 0 aliphatic heterocycles. The number of rotatable bonds is 12. The van der Waals surface area contributed by atoms with Crippen LogP contribution >= 0.6 is 0 Å². The van der Waals surface area contributed by atoms with Crippen LogP contribution in [0.5, 0.6) is 6.01 Å². The van der Waals surface area contributed by atoms with Gasteiger partial charge in [0.25, 0.3) is 0 Å². The third-order valence-electron chi connectivity index (χ3n) is 2.38. The fraction of sp³-hybridized carbons (Fsp3) is 0.769. The maximum absolute atomic E-state index is 5.36. The van der Waals surface area contributed by atoms with Crippen molar-refractivity contribution in [2.45, 2.75) is 20.3 Å². The van der Waals surface area contributed by atoms with Gasteiger partial charge in [0.1, 0.15) is 0 Å². The molecule has 8 nitrogen and oxygen atoms in total. The molecular weight excluding hydrogens is 274 g/mol. The molecule has 0 unspecified atom stereocenters. The molecule has 0 saturated carbocycles. The van der Waals surface area contributed by atoms with E-state index in [2.05, 4.69) is 32.5 Å². The molecule has 0 bridgehead atoms. The second-order valence-electron chi connectivity index (χ2n) is 4.16. The van der Waals surface area contributed by atoms with Crippen LogP contribution in [0.4, 0.5) is 11.9 Å². The molecule has 1 aromatic rings. The molecule has 0 radical (unpaired) electrons. The standard InChI is InChI=1S/C13H25N5O3/c1-4-6-14-11-16-12(18-13(17-11)21-5-2)15-7-8-20-10-9-19-3/h4-10H2,1-3H3,(H2,14,15,16,17,18). The molecule has 0 aliphatic carbocycles. The average Bonchev–Trinajstić information content (AvgIpc) is 2.49. The SMILES string of the molecule is CCCNc1nc(NCCOCCOC)nc(OCC)n1. The van der Waals surface area contributed by atoms with Crippen molar-refractivity contribution in [3.63, 3.8) is 0 Å². The fourth-order valence-corrected chi connectivity index (χ4v) is 1.42. The first-order valence-electron chi connectivity index (χ1n) is 7.23. The lowest BCUT2D eigenvalue weighted by atomic mass is 10.5. The first kappa shape index (κ1) is 17.4. The second-order valence-corrected chi connectivity index (χ2v) is 4.16. The van der Waals surface area contributed by atoms with Crippen LogP contribution in [0.25, 0.3) is 0 Å². The van der Waals surface area contributed by atoms with Crippen LogP contribution in [0.15, 0.2) is 0 Å². The smallest absolute Gasteiger partial charge is 0.323 e. The van der Waals surface area contributed by atoms with Gasteiger partial charge in [-0.25, -0.2) is 0 Å². The molecular formula is C13H25N5O3. The van der Waals surface area contributed by atoms with Crippen LogP contribution in [0.1, 0.15) is 20.3 Å². The van der Waals surface area contributed by atoms with Gasteiger partial charge in [-0.05, 0) is 13.3 Å². The minimum absolute atomic E-state index is 0.314. The molecule has 1 rings (SSSR count). The minimum atomic E-state index is 0.314. The van der Waals surface area contributed by atoms with Crippen molar-refractivity contribution in [1.29, 1.82) is 0 Å². The summed E-state index contributed by atoms with van der Waals surface area (Å²) in [5.41, 5.74) is 0. The van der Waals surface area contributed by atoms with E-state index in [-0.39, 0.29) is 0 Å². The van der Waals surface area contributed by atoms with E-state index in [1.165, 1.54) is 0 Å². The molecule has 120 valence electrons. The van der Waals surface area contributed by atoms with Crippen molar-refractivity contribution >= 4 is 11.9 Å². The Bertz CT molecular complexity index is 392. The number of aromatic nitrogens is 3. The number of anilines is 2. The maximum Gasteiger partial charge on any atom is 0.323 e. The number of hydrogen-bond donors (Lipinski definition) is 2. The number of methoxy groups -OCH3 is 1. The van der Waals surface area contributed by atoms with Crippen molar-refractivity contribution < 1.29 is 14.2 Å². The zero-order valence-corrected chi connectivity index (χ0v) is 13.0. The monoisotopic (exact) mass is 299 g/mol. The zero-order chi connectivity index (χ0) is 15.3. The van der Waals surface area contributed by atoms with Gasteiger partial charge >= 0.3 is 6.01 Å². The van der Waals surface area contributed by atoms with Gasteiger partial charge in [0.05, 0.1) is 26.4 Å². The van der Waals surface area contributed by atoms with Crippen molar-refractivity contribution in [2.75, 3.05) is 57.3 Å². The first-order valence-corrected chi connectivity index (χ1v) is 7.23. The van der Waals surface area contributed by atoms with E-state index >= 15 is 0 Å². The minimum Gasteiger partial charge on any atom is -0.464 e. The van der Waals surface area contributed by atoms with E-state index in [4.69, 9.17) is 14.2 Å². The molecule has 0 fully saturated rings. The topological polar surface area (TPSA) is 90.4 Å². The van der Waals surface area contributed by atoms with Gasteiger partial charge in [-0.2, -0.15) is 15.0 Å². The summed E-state index contributed by atoms with van der Waals surface area (Å²) in [4.78, 5) is 12.7. The van der Waals surface area contributed by atoms with Gasteiger partial charge in [-0.3, -0.25) is 0 Å². The molecule has 2 N–H and O–H groups in total. The number of nitrogens with zero attached hydrogens (tertiary/aromatic N) is 3.